The van der Waals surface area contributed by atoms with E-state index in [1.807, 2.05) is 37.3 Å². The molecule has 0 saturated heterocycles. The van der Waals surface area contributed by atoms with E-state index in [0.29, 0.717) is 22.3 Å². The van der Waals surface area contributed by atoms with Crippen molar-refractivity contribution in [2.24, 2.45) is 0 Å². The van der Waals surface area contributed by atoms with Crippen molar-refractivity contribution in [3.8, 4) is 0 Å². The van der Waals surface area contributed by atoms with Crippen LogP contribution in [-0.4, -0.2) is 25.7 Å². The lowest BCUT2D eigenvalue weighted by Crippen LogP contribution is -2.40. The smallest absolute Gasteiger partial charge is 0.246 e. The number of hydrogen-bond donors (Lipinski definition) is 2. The van der Waals surface area contributed by atoms with Crippen molar-refractivity contribution in [2.45, 2.75) is 19.0 Å². The van der Waals surface area contributed by atoms with Gasteiger partial charge in [0, 0.05) is 28.9 Å². The molecule has 4 nitrogen and oxygen atoms in total. The molecule has 2 rings (SSSR count). The maximum atomic E-state index is 12.8. The van der Waals surface area contributed by atoms with Gasteiger partial charge in [-0.1, -0.05) is 53.5 Å². The molecule has 0 aliphatic heterocycles. The molecule has 0 spiro atoms. The number of amides is 1. The van der Waals surface area contributed by atoms with Gasteiger partial charge in [0.1, 0.15) is 6.04 Å². The SMILES string of the molecule is COC[C@H](C)N[C@H](C(=O)Nc1cc(Cl)cc(Cl)c1)c1ccccc1. The van der Waals surface area contributed by atoms with E-state index in [4.69, 9.17) is 27.9 Å². The van der Waals surface area contributed by atoms with Gasteiger partial charge in [0.2, 0.25) is 5.91 Å². The molecule has 1 amide bonds. The lowest BCUT2D eigenvalue weighted by atomic mass is 10.0. The molecule has 0 unspecified atom stereocenters. The number of rotatable bonds is 7. The molecule has 2 atom stereocenters. The summed E-state index contributed by atoms with van der Waals surface area (Å²) in [5.41, 5.74) is 1.42. The van der Waals surface area contributed by atoms with Crippen LogP contribution in [0.2, 0.25) is 10.0 Å². The fourth-order valence-corrected chi connectivity index (χ4v) is 2.92. The minimum absolute atomic E-state index is 0.00825. The third-order valence-electron chi connectivity index (χ3n) is 3.39. The Labute approximate surface area is 152 Å². The maximum Gasteiger partial charge on any atom is 0.246 e. The maximum absolute atomic E-state index is 12.8. The van der Waals surface area contributed by atoms with Crippen LogP contribution in [-0.2, 0) is 9.53 Å². The van der Waals surface area contributed by atoms with Gasteiger partial charge in [0.15, 0.2) is 0 Å². The van der Waals surface area contributed by atoms with Crippen molar-refractivity contribution in [3.63, 3.8) is 0 Å². The summed E-state index contributed by atoms with van der Waals surface area (Å²) in [5.74, 6) is -0.192. The highest BCUT2D eigenvalue weighted by Crippen LogP contribution is 2.24. The lowest BCUT2D eigenvalue weighted by molar-refractivity contribution is -0.118. The Morgan fingerprint density at radius 1 is 1.12 bits per heavy atom. The standard InChI is InChI=1S/C18H20Cl2N2O2/c1-12(11-24-2)21-17(13-6-4-3-5-7-13)18(23)22-16-9-14(19)8-15(20)10-16/h3-10,12,17,21H,11H2,1-2H3,(H,22,23)/t12-,17-/m0/s1. The molecule has 6 heteroatoms. The summed E-state index contributed by atoms with van der Waals surface area (Å²) >= 11 is 12.0. The summed E-state index contributed by atoms with van der Waals surface area (Å²) in [6, 6.07) is 13.9. The fraction of sp³-hybridized carbons (Fsp3) is 0.278. The highest BCUT2D eigenvalue weighted by atomic mass is 35.5. The quantitative estimate of drug-likeness (QED) is 0.767. The first-order valence-electron chi connectivity index (χ1n) is 7.56. The Balaban J connectivity index is 2.20. The van der Waals surface area contributed by atoms with E-state index >= 15 is 0 Å². The predicted molar refractivity (Wildman–Crippen MR) is 98.7 cm³/mol. The number of carbonyl (C=O) groups is 1. The molecule has 0 heterocycles. The van der Waals surface area contributed by atoms with Crippen LogP contribution in [0.4, 0.5) is 5.69 Å². The van der Waals surface area contributed by atoms with Crippen LogP contribution in [0.5, 0.6) is 0 Å². The zero-order valence-corrected chi connectivity index (χ0v) is 15.1. The largest absolute Gasteiger partial charge is 0.383 e. The van der Waals surface area contributed by atoms with Crippen LogP contribution >= 0.6 is 23.2 Å². The van der Waals surface area contributed by atoms with Gasteiger partial charge in [-0.15, -0.1) is 0 Å². The summed E-state index contributed by atoms with van der Waals surface area (Å²) in [7, 11) is 1.63. The van der Waals surface area contributed by atoms with Gasteiger partial charge < -0.3 is 10.1 Å². The normalized spacial score (nSPS) is 13.3. The number of anilines is 1. The van der Waals surface area contributed by atoms with Gasteiger partial charge in [0.25, 0.3) is 0 Å². The minimum Gasteiger partial charge on any atom is -0.383 e. The third kappa shape index (κ3) is 5.49. The van der Waals surface area contributed by atoms with Crippen molar-refractivity contribution in [1.29, 1.82) is 0 Å². The Morgan fingerprint density at radius 3 is 2.33 bits per heavy atom. The molecule has 0 radical (unpaired) electrons. The first-order valence-corrected chi connectivity index (χ1v) is 8.32. The molecular formula is C18H20Cl2N2O2. The second-order valence-corrected chi connectivity index (χ2v) is 6.39. The minimum atomic E-state index is -0.519. The molecule has 0 aliphatic carbocycles. The summed E-state index contributed by atoms with van der Waals surface area (Å²) in [5, 5.41) is 7.07. The molecule has 0 aliphatic rings. The van der Waals surface area contributed by atoms with E-state index in [-0.39, 0.29) is 11.9 Å². The Morgan fingerprint density at radius 2 is 1.75 bits per heavy atom. The van der Waals surface area contributed by atoms with Crippen LogP contribution in [0.15, 0.2) is 48.5 Å². The van der Waals surface area contributed by atoms with Crippen LogP contribution < -0.4 is 10.6 Å². The Bertz CT molecular complexity index is 660. The second kappa shape index (κ2) is 9.04. The fourth-order valence-electron chi connectivity index (χ4n) is 2.39. The molecule has 2 aromatic carbocycles. The molecule has 0 saturated carbocycles. The average Bonchev–Trinajstić information content (AvgIpc) is 2.52. The molecular weight excluding hydrogens is 347 g/mol. The van der Waals surface area contributed by atoms with Crippen LogP contribution in [0, 0.1) is 0 Å². The monoisotopic (exact) mass is 366 g/mol. The van der Waals surface area contributed by atoms with Gasteiger partial charge in [0.05, 0.1) is 6.61 Å². The molecule has 2 N–H and O–H groups in total. The topological polar surface area (TPSA) is 50.4 Å². The number of carbonyl (C=O) groups excluding carboxylic acids is 1. The Hall–Kier alpha value is -1.59. The molecule has 128 valence electrons. The van der Waals surface area contributed by atoms with E-state index in [1.54, 1.807) is 25.3 Å². The molecule has 0 aromatic heterocycles. The van der Waals surface area contributed by atoms with E-state index in [9.17, 15) is 4.79 Å². The van der Waals surface area contributed by atoms with Crippen LogP contribution in [0.1, 0.15) is 18.5 Å². The van der Waals surface area contributed by atoms with Gasteiger partial charge >= 0.3 is 0 Å². The van der Waals surface area contributed by atoms with Crippen molar-refractivity contribution in [1.82, 2.24) is 5.32 Å². The molecule has 24 heavy (non-hydrogen) atoms. The van der Waals surface area contributed by atoms with Crippen molar-refractivity contribution in [3.05, 3.63) is 64.1 Å². The van der Waals surface area contributed by atoms with Gasteiger partial charge in [-0.2, -0.15) is 0 Å². The predicted octanol–water partition coefficient (Wildman–Crippen LogP) is 4.30. The van der Waals surface area contributed by atoms with Crippen LogP contribution in [0.3, 0.4) is 0 Å². The van der Waals surface area contributed by atoms with E-state index in [2.05, 4.69) is 10.6 Å². The first kappa shape index (κ1) is 18.7. The number of methoxy groups -OCH3 is 1. The highest BCUT2D eigenvalue weighted by Gasteiger charge is 2.22. The summed E-state index contributed by atoms with van der Waals surface area (Å²) < 4.78 is 5.14. The van der Waals surface area contributed by atoms with Gasteiger partial charge in [-0.3, -0.25) is 10.1 Å². The van der Waals surface area contributed by atoms with E-state index in [0.717, 1.165) is 5.56 Å². The lowest BCUT2D eigenvalue weighted by Gasteiger charge is -2.23. The third-order valence-corrected chi connectivity index (χ3v) is 3.83. The number of ether oxygens (including phenoxy) is 1. The highest BCUT2D eigenvalue weighted by molar-refractivity contribution is 6.35. The Kier molecular flexibility index (Phi) is 7.06. The van der Waals surface area contributed by atoms with Gasteiger partial charge in [-0.05, 0) is 30.7 Å². The molecule has 0 fully saturated rings. The number of hydrogen-bond acceptors (Lipinski definition) is 3. The number of nitrogens with one attached hydrogen (secondary N) is 2. The van der Waals surface area contributed by atoms with Crippen molar-refractivity contribution >= 4 is 34.8 Å². The van der Waals surface area contributed by atoms with Crippen LogP contribution in [0.25, 0.3) is 0 Å². The molecule has 0 bridgehead atoms. The number of halogens is 2. The zero-order valence-electron chi connectivity index (χ0n) is 13.6. The molecule has 2 aromatic rings. The second-order valence-electron chi connectivity index (χ2n) is 5.51. The van der Waals surface area contributed by atoms with E-state index < -0.39 is 6.04 Å². The summed E-state index contributed by atoms with van der Waals surface area (Å²) in [6.45, 7) is 2.46. The average molecular weight is 367 g/mol. The van der Waals surface area contributed by atoms with Gasteiger partial charge in [-0.25, -0.2) is 0 Å². The summed E-state index contributed by atoms with van der Waals surface area (Å²) in [6.07, 6.45) is 0. The zero-order chi connectivity index (χ0) is 17.5. The van der Waals surface area contributed by atoms with Crippen molar-refractivity contribution < 1.29 is 9.53 Å². The van der Waals surface area contributed by atoms with Crippen molar-refractivity contribution in [2.75, 3.05) is 19.0 Å². The van der Waals surface area contributed by atoms with E-state index in [1.165, 1.54) is 0 Å². The summed E-state index contributed by atoms with van der Waals surface area (Å²) in [4.78, 5) is 12.8. The first-order chi connectivity index (χ1) is 11.5. The number of benzene rings is 2.